The van der Waals surface area contributed by atoms with E-state index in [0.717, 1.165) is 17.1 Å². The van der Waals surface area contributed by atoms with Crippen molar-refractivity contribution in [3.8, 4) is 0 Å². The summed E-state index contributed by atoms with van der Waals surface area (Å²) in [6, 6.07) is 1.96. The molecule has 0 radical (unpaired) electrons. The third kappa shape index (κ3) is 2.82. The highest BCUT2D eigenvalue weighted by molar-refractivity contribution is 5.58. The topological polar surface area (TPSA) is 93.7 Å². The van der Waals surface area contributed by atoms with Crippen molar-refractivity contribution in [3.63, 3.8) is 0 Å². The lowest BCUT2D eigenvalue weighted by molar-refractivity contribution is 0.718. The minimum atomic E-state index is 0.265. The number of hydrogen-bond acceptors (Lipinski definition) is 6. The third-order valence-corrected chi connectivity index (χ3v) is 2.96. The van der Waals surface area contributed by atoms with E-state index in [4.69, 9.17) is 5.84 Å². The summed E-state index contributed by atoms with van der Waals surface area (Å²) in [7, 11) is 1.91. The second-order valence-corrected chi connectivity index (χ2v) is 4.58. The van der Waals surface area contributed by atoms with Crippen LogP contribution >= 0.6 is 0 Å². The molecule has 7 nitrogen and oxygen atoms in total. The van der Waals surface area contributed by atoms with E-state index in [2.05, 4.69) is 39.7 Å². The molecule has 4 N–H and O–H groups in total. The van der Waals surface area contributed by atoms with Crippen molar-refractivity contribution >= 4 is 11.6 Å². The molecule has 2 heterocycles. The van der Waals surface area contributed by atoms with Crippen LogP contribution in [0.1, 0.15) is 31.0 Å². The number of aromatic nitrogens is 4. The summed E-state index contributed by atoms with van der Waals surface area (Å²) in [5.74, 6) is 7.20. The SMILES string of the molecule is CC(C)c1c(NN)ncnc1NCc1ccnn1C. The summed E-state index contributed by atoms with van der Waals surface area (Å²) in [5, 5.41) is 7.44. The molecule has 2 aromatic rings. The Bertz CT molecular complexity index is 547. The van der Waals surface area contributed by atoms with Gasteiger partial charge in [-0.15, -0.1) is 0 Å². The predicted octanol–water partition coefficient (Wildman–Crippen LogP) is 1.23. The second kappa shape index (κ2) is 5.66. The van der Waals surface area contributed by atoms with Crippen LogP contribution < -0.4 is 16.6 Å². The van der Waals surface area contributed by atoms with Gasteiger partial charge in [-0.2, -0.15) is 5.10 Å². The van der Waals surface area contributed by atoms with E-state index in [9.17, 15) is 0 Å². The van der Waals surface area contributed by atoms with Crippen LogP contribution in [0.5, 0.6) is 0 Å². The quantitative estimate of drug-likeness (QED) is 0.553. The Labute approximate surface area is 112 Å². The molecule has 102 valence electrons. The fourth-order valence-electron chi connectivity index (χ4n) is 1.95. The van der Waals surface area contributed by atoms with Gasteiger partial charge < -0.3 is 10.7 Å². The molecule has 0 aliphatic rings. The molecule has 2 rings (SSSR count). The first-order valence-electron chi connectivity index (χ1n) is 6.15. The summed E-state index contributed by atoms with van der Waals surface area (Å²) >= 11 is 0. The lowest BCUT2D eigenvalue weighted by Gasteiger charge is -2.16. The van der Waals surface area contributed by atoms with E-state index in [1.165, 1.54) is 6.33 Å². The number of rotatable bonds is 5. The lowest BCUT2D eigenvalue weighted by atomic mass is 10.0. The van der Waals surface area contributed by atoms with E-state index >= 15 is 0 Å². The second-order valence-electron chi connectivity index (χ2n) is 4.58. The number of nitrogens with zero attached hydrogens (tertiary/aromatic N) is 4. The highest BCUT2D eigenvalue weighted by Crippen LogP contribution is 2.27. The molecule has 0 aliphatic carbocycles. The van der Waals surface area contributed by atoms with Crippen molar-refractivity contribution in [1.82, 2.24) is 19.7 Å². The monoisotopic (exact) mass is 261 g/mol. The number of nitrogens with one attached hydrogen (secondary N) is 2. The summed E-state index contributed by atoms with van der Waals surface area (Å²) in [6.45, 7) is 4.81. The van der Waals surface area contributed by atoms with E-state index < -0.39 is 0 Å². The molecule has 7 heteroatoms. The number of anilines is 2. The maximum atomic E-state index is 5.49. The standard InChI is InChI=1S/C12H19N7/c1-8(2)10-11(15-7-16-12(10)18-13)14-6-9-4-5-17-19(9)3/h4-5,7-8H,6,13H2,1-3H3,(H2,14,15,16,18). The van der Waals surface area contributed by atoms with Gasteiger partial charge in [0.1, 0.15) is 18.0 Å². The molecule has 0 atom stereocenters. The largest absolute Gasteiger partial charge is 0.364 e. The van der Waals surface area contributed by atoms with Gasteiger partial charge in [0.15, 0.2) is 0 Å². The zero-order valence-corrected chi connectivity index (χ0v) is 11.4. The Kier molecular flexibility index (Phi) is 3.96. The van der Waals surface area contributed by atoms with Gasteiger partial charge in [-0.05, 0) is 12.0 Å². The Morgan fingerprint density at radius 1 is 1.32 bits per heavy atom. The molecule has 0 unspecified atom stereocenters. The van der Waals surface area contributed by atoms with E-state index in [0.29, 0.717) is 12.4 Å². The smallest absolute Gasteiger partial charge is 0.148 e. The van der Waals surface area contributed by atoms with Crippen molar-refractivity contribution in [2.45, 2.75) is 26.3 Å². The first kappa shape index (κ1) is 13.3. The van der Waals surface area contributed by atoms with Gasteiger partial charge in [0, 0.05) is 18.8 Å². The molecular weight excluding hydrogens is 242 g/mol. The fourth-order valence-corrected chi connectivity index (χ4v) is 1.95. The van der Waals surface area contributed by atoms with Gasteiger partial charge >= 0.3 is 0 Å². The summed E-state index contributed by atoms with van der Waals surface area (Å²) in [5.41, 5.74) is 4.67. The average molecular weight is 261 g/mol. The Morgan fingerprint density at radius 2 is 2.05 bits per heavy atom. The minimum absolute atomic E-state index is 0.265. The van der Waals surface area contributed by atoms with E-state index in [1.54, 1.807) is 6.20 Å². The van der Waals surface area contributed by atoms with Gasteiger partial charge in [-0.1, -0.05) is 13.8 Å². The first-order valence-corrected chi connectivity index (χ1v) is 6.15. The zero-order chi connectivity index (χ0) is 13.8. The average Bonchev–Trinajstić information content (AvgIpc) is 2.81. The van der Waals surface area contributed by atoms with Crippen LogP contribution in [0.2, 0.25) is 0 Å². The number of hydrogen-bond donors (Lipinski definition) is 3. The molecule has 2 aromatic heterocycles. The molecule has 0 saturated carbocycles. The van der Waals surface area contributed by atoms with Crippen LogP contribution in [0.4, 0.5) is 11.6 Å². The Hall–Kier alpha value is -2.15. The summed E-state index contributed by atoms with van der Waals surface area (Å²) < 4.78 is 1.82. The van der Waals surface area contributed by atoms with Crippen LogP contribution in [-0.2, 0) is 13.6 Å². The van der Waals surface area contributed by atoms with E-state index in [-0.39, 0.29) is 5.92 Å². The number of nitrogens with two attached hydrogens (primary N) is 1. The fraction of sp³-hybridized carbons (Fsp3) is 0.417. The molecule has 0 aromatic carbocycles. The van der Waals surface area contributed by atoms with Crippen LogP contribution in [0, 0.1) is 0 Å². The molecule has 19 heavy (non-hydrogen) atoms. The van der Waals surface area contributed by atoms with Crippen LogP contribution in [0.15, 0.2) is 18.6 Å². The van der Waals surface area contributed by atoms with Crippen molar-refractivity contribution in [2.75, 3.05) is 10.7 Å². The van der Waals surface area contributed by atoms with Crippen molar-refractivity contribution in [1.29, 1.82) is 0 Å². The van der Waals surface area contributed by atoms with Crippen molar-refractivity contribution in [3.05, 3.63) is 29.8 Å². The van der Waals surface area contributed by atoms with Crippen LogP contribution in [-0.4, -0.2) is 19.7 Å². The van der Waals surface area contributed by atoms with Gasteiger partial charge in [-0.25, -0.2) is 15.8 Å². The maximum Gasteiger partial charge on any atom is 0.148 e. The van der Waals surface area contributed by atoms with Crippen molar-refractivity contribution < 1.29 is 0 Å². The van der Waals surface area contributed by atoms with E-state index in [1.807, 2.05) is 17.8 Å². The van der Waals surface area contributed by atoms with Gasteiger partial charge in [-0.3, -0.25) is 4.68 Å². The number of nitrogen functional groups attached to an aromatic ring is 1. The van der Waals surface area contributed by atoms with Gasteiger partial charge in [0.05, 0.1) is 12.2 Å². The van der Waals surface area contributed by atoms with Crippen LogP contribution in [0.3, 0.4) is 0 Å². The van der Waals surface area contributed by atoms with Crippen molar-refractivity contribution in [2.24, 2.45) is 12.9 Å². The molecule has 0 amide bonds. The predicted molar refractivity (Wildman–Crippen MR) is 74.5 cm³/mol. The zero-order valence-electron chi connectivity index (χ0n) is 11.4. The number of hydrazine groups is 1. The van der Waals surface area contributed by atoms with Gasteiger partial charge in [0.2, 0.25) is 0 Å². The van der Waals surface area contributed by atoms with Gasteiger partial charge in [0.25, 0.3) is 0 Å². The molecule has 0 fully saturated rings. The molecule has 0 saturated heterocycles. The molecular formula is C12H19N7. The third-order valence-electron chi connectivity index (χ3n) is 2.96. The summed E-state index contributed by atoms with van der Waals surface area (Å²) in [4.78, 5) is 8.43. The highest BCUT2D eigenvalue weighted by atomic mass is 15.3. The van der Waals surface area contributed by atoms with Crippen LogP contribution in [0.25, 0.3) is 0 Å². The normalized spacial score (nSPS) is 10.8. The highest BCUT2D eigenvalue weighted by Gasteiger charge is 2.14. The minimum Gasteiger partial charge on any atom is -0.364 e. The Balaban J connectivity index is 2.22. The maximum absolute atomic E-state index is 5.49. The Morgan fingerprint density at radius 3 is 2.63 bits per heavy atom. The first-order chi connectivity index (χ1) is 9.13. The molecule has 0 aliphatic heterocycles. The molecule has 0 spiro atoms. The number of aryl methyl sites for hydroxylation is 1. The lowest BCUT2D eigenvalue weighted by Crippen LogP contribution is -2.15. The summed E-state index contributed by atoms with van der Waals surface area (Å²) in [6.07, 6.45) is 3.26. The molecule has 0 bridgehead atoms.